The van der Waals surface area contributed by atoms with Crippen LogP contribution in [-0.4, -0.2) is 58.1 Å². The summed E-state index contributed by atoms with van der Waals surface area (Å²) in [5, 5.41) is 19.1. The van der Waals surface area contributed by atoms with E-state index in [0.29, 0.717) is 17.1 Å². The van der Waals surface area contributed by atoms with Crippen LogP contribution >= 0.6 is 0 Å². The number of aromatic nitrogens is 1. The number of nitrogens with one attached hydrogen (secondary N) is 2. The first-order valence-electron chi connectivity index (χ1n) is 7.73. The number of aliphatic hydroxyl groups is 1. The Morgan fingerprint density at radius 2 is 2.00 bits per heavy atom. The highest BCUT2D eigenvalue weighted by Gasteiger charge is 2.37. The van der Waals surface area contributed by atoms with Gasteiger partial charge in [-0.2, -0.15) is 0 Å². The molecule has 1 aliphatic heterocycles. The molecule has 0 bridgehead atoms. The lowest BCUT2D eigenvalue weighted by Crippen LogP contribution is -2.45. The minimum Gasteiger partial charge on any atom is -0.444 e. The van der Waals surface area contributed by atoms with Crippen molar-refractivity contribution in [2.75, 3.05) is 18.4 Å². The summed E-state index contributed by atoms with van der Waals surface area (Å²) >= 11 is 0. The molecule has 24 heavy (non-hydrogen) atoms. The van der Waals surface area contributed by atoms with Crippen molar-refractivity contribution >= 4 is 17.8 Å². The third-order valence-electron chi connectivity index (χ3n) is 3.53. The fourth-order valence-electron chi connectivity index (χ4n) is 2.38. The van der Waals surface area contributed by atoms with Crippen molar-refractivity contribution in [2.45, 2.75) is 52.4 Å². The molecule has 1 fully saturated rings. The van der Waals surface area contributed by atoms with Crippen molar-refractivity contribution in [3.8, 4) is 0 Å². The molecule has 0 unspecified atom stereocenters. The van der Waals surface area contributed by atoms with Gasteiger partial charge in [0.1, 0.15) is 17.0 Å². The number of likely N-dealkylation sites (tertiary alicyclic amines) is 1. The van der Waals surface area contributed by atoms with Crippen LogP contribution in [0, 0.1) is 13.8 Å². The Hall–Kier alpha value is -2.29. The SMILES string of the molecule is Cc1noc(C)c1NC(=O)N[C@@H]1CN(C(=O)OC(C)(C)C)C[C@H]1O. The van der Waals surface area contributed by atoms with E-state index < -0.39 is 29.9 Å². The molecule has 0 spiro atoms. The van der Waals surface area contributed by atoms with E-state index in [1.165, 1.54) is 4.90 Å². The number of carbonyl (C=O) groups is 2. The van der Waals surface area contributed by atoms with Crippen LogP contribution in [0.4, 0.5) is 15.3 Å². The minimum absolute atomic E-state index is 0.102. The summed E-state index contributed by atoms with van der Waals surface area (Å²) in [4.78, 5) is 25.5. The Kier molecular flexibility index (Phi) is 5.02. The summed E-state index contributed by atoms with van der Waals surface area (Å²) in [6.07, 6.45) is -1.38. The maximum absolute atomic E-state index is 12.1. The molecular formula is C15H24N4O5. The van der Waals surface area contributed by atoms with Gasteiger partial charge in [-0.3, -0.25) is 0 Å². The van der Waals surface area contributed by atoms with E-state index in [1.54, 1.807) is 34.6 Å². The fraction of sp³-hybridized carbons (Fsp3) is 0.667. The van der Waals surface area contributed by atoms with Crippen LogP contribution in [0.3, 0.4) is 0 Å². The number of rotatable bonds is 2. The largest absolute Gasteiger partial charge is 0.444 e. The van der Waals surface area contributed by atoms with Crippen molar-refractivity contribution in [3.05, 3.63) is 11.5 Å². The van der Waals surface area contributed by atoms with Crippen molar-refractivity contribution in [1.29, 1.82) is 0 Å². The number of β-amino-alcohol motifs (C(OH)–C–C–N with tert-alkyl or cyclic N) is 1. The number of anilines is 1. The topological polar surface area (TPSA) is 117 Å². The molecule has 3 N–H and O–H groups in total. The van der Waals surface area contributed by atoms with Gasteiger partial charge in [0.2, 0.25) is 0 Å². The monoisotopic (exact) mass is 340 g/mol. The summed E-state index contributed by atoms with van der Waals surface area (Å²) in [7, 11) is 0. The van der Waals surface area contributed by atoms with Gasteiger partial charge in [0.25, 0.3) is 0 Å². The Bertz CT molecular complexity index is 602. The van der Waals surface area contributed by atoms with Gasteiger partial charge in [0.15, 0.2) is 5.76 Å². The van der Waals surface area contributed by atoms with Crippen LogP contribution in [0.1, 0.15) is 32.2 Å². The summed E-state index contributed by atoms with van der Waals surface area (Å²) in [6.45, 7) is 8.97. The van der Waals surface area contributed by atoms with Crippen LogP contribution in [0.25, 0.3) is 0 Å². The van der Waals surface area contributed by atoms with Gasteiger partial charge in [0, 0.05) is 6.54 Å². The Balaban J connectivity index is 1.91. The van der Waals surface area contributed by atoms with E-state index >= 15 is 0 Å². The van der Waals surface area contributed by atoms with Gasteiger partial charge in [-0.1, -0.05) is 5.16 Å². The molecule has 1 aliphatic rings. The molecule has 2 atom stereocenters. The lowest BCUT2D eigenvalue weighted by atomic mass is 10.2. The highest BCUT2D eigenvalue weighted by Crippen LogP contribution is 2.19. The molecule has 2 heterocycles. The second kappa shape index (κ2) is 6.68. The highest BCUT2D eigenvalue weighted by molar-refractivity contribution is 5.90. The first kappa shape index (κ1) is 18.1. The molecular weight excluding hydrogens is 316 g/mol. The molecule has 1 aromatic rings. The molecule has 0 aromatic carbocycles. The Labute approximate surface area is 140 Å². The van der Waals surface area contributed by atoms with Gasteiger partial charge in [-0.15, -0.1) is 0 Å². The number of urea groups is 1. The zero-order valence-electron chi connectivity index (χ0n) is 14.5. The first-order valence-corrected chi connectivity index (χ1v) is 7.73. The summed E-state index contributed by atoms with van der Waals surface area (Å²) in [5.74, 6) is 0.491. The number of aryl methyl sites for hydroxylation is 2. The number of hydrogen-bond acceptors (Lipinski definition) is 6. The quantitative estimate of drug-likeness (QED) is 0.749. The molecule has 1 aromatic heterocycles. The van der Waals surface area contributed by atoms with E-state index in [-0.39, 0.29) is 13.1 Å². The molecule has 0 saturated carbocycles. The molecule has 1 saturated heterocycles. The highest BCUT2D eigenvalue weighted by atomic mass is 16.6. The van der Waals surface area contributed by atoms with Gasteiger partial charge in [-0.05, 0) is 34.6 Å². The van der Waals surface area contributed by atoms with E-state index in [1.807, 2.05) is 0 Å². The molecule has 134 valence electrons. The summed E-state index contributed by atoms with van der Waals surface area (Å²) < 4.78 is 10.2. The average molecular weight is 340 g/mol. The van der Waals surface area contributed by atoms with E-state index in [0.717, 1.165) is 0 Å². The van der Waals surface area contributed by atoms with Gasteiger partial charge in [-0.25, -0.2) is 9.59 Å². The minimum atomic E-state index is -0.868. The number of hydrogen-bond donors (Lipinski definition) is 3. The Morgan fingerprint density at radius 1 is 1.33 bits per heavy atom. The molecule has 9 heteroatoms. The maximum atomic E-state index is 12.1. The first-order chi connectivity index (χ1) is 11.1. The van der Waals surface area contributed by atoms with E-state index in [9.17, 15) is 14.7 Å². The van der Waals surface area contributed by atoms with Crippen molar-refractivity contribution in [1.82, 2.24) is 15.4 Å². The van der Waals surface area contributed by atoms with Crippen molar-refractivity contribution in [3.63, 3.8) is 0 Å². The number of carbonyl (C=O) groups excluding carboxylic acids is 2. The molecule has 9 nitrogen and oxygen atoms in total. The lowest BCUT2D eigenvalue weighted by molar-refractivity contribution is 0.0270. The predicted octanol–water partition coefficient (Wildman–Crippen LogP) is 1.39. The number of aliphatic hydroxyl groups excluding tert-OH is 1. The zero-order valence-corrected chi connectivity index (χ0v) is 14.5. The maximum Gasteiger partial charge on any atom is 0.410 e. The predicted molar refractivity (Wildman–Crippen MR) is 85.7 cm³/mol. The van der Waals surface area contributed by atoms with Crippen molar-refractivity contribution in [2.24, 2.45) is 0 Å². The Morgan fingerprint density at radius 3 is 2.54 bits per heavy atom. The molecule has 2 rings (SSSR count). The van der Waals surface area contributed by atoms with Crippen LogP contribution < -0.4 is 10.6 Å². The van der Waals surface area contributed by atoms with Gasteiger partial charge < -0.3 is 29.9 Å². The number of amides is 3. The lowest BCUT2D eigenvalue weighted by Gasteiger charge is -2.24. The van der Waals surface area contributed by atoms with E-state index in [4.69, 9.17) is 9.26 Å². The number of ether oxygens (including phenoxy) is 1. The van der Waals surface area contributed by atoms with Gasteiger partial charge in [0.05, 0.1) is 18.7 Å². The van der Waals surface area contributed by atoms with Crippen molar-refractivity contribution < 1.29 is 24.0 Å². The van der Waals surface area contributed by atoms with E-state index in [2.05, 4.69) is 15.8 Å². The third-order valence-corrected chi connectivity index (χ3v) is 3.53. The molecule has 3 amide bonds. The zero-order chi connectivity index (χ0) is 18.1. The smallest absolute Gasteiger partial charge is 0.410 e. The standard InChI is InChI=1S/C15H24N4O5/c1-8-12(9(2)24-18-8)17-13(21)16-10-6-19(7-11(10)20)14(22)23-15(3,4)5/h10-11,20H,6-7H2,1-5H3,(H2,16,17,21)/t10-,11-/m1/s1. The van der Waals surface area contributed by atoms with Crippen LogP contribution in [0.5, 0.6) is 0 Å². The number of nitrogens with zero attached hydrogens (tertiary/aromatic N) is 2. The van der Waals surface area contributed by atoms with Crippen LogP contribution in [-0.2, 0) is 4.74 Å². The second-order valence-electron chi connectivity index (χ2n) is 6.86. The fourth-order valence-corrected chi connectivity index (χ4v) is 2.38. The summed E-state index contributed by atoms with van der Waals surface area (Å²) in [5.41, 5.74) is 0.433. The second-order valence-corrected chi connectivity index (χ2v) is 6.86. The van der Waals surface area contributed by atoms with Gasteiger partial charge >= 0.3 is 12.1 Å². The molecule has 0 aliphatic carbocycles. The third kappa shape index (κ3) is 4.38. The summed E-state index contributed by atoms with van der Waals surface area (Å²) in [6, 6.07) is -1.09. The van der Waals surface area contributed by atoms with Crippen LogP contribution in [0.2, 0.25) is 0 Å². The van der Waals surface area contributed by atoms with Crippen LogP contribution in [0.15, 0.2) is 4.52 Å². The average Bonchev–Trinajstić information content (AvgIpc) is 2.95. The normalized spacial score (nSPS) is 20.8. The molecule has 0 radical (unpaired) electrons.